The van der Waals surface area contributed by atoms with E-state index in [2.05, 4.69) is 0 Å². The molecule has 0 spiro atoms. The van der Waals surface area contributed by atoms with Gasteiger partial charge in [-0.1, -0.05) is 181 Å². The van der Waals surface area contributed by atoms with E-state index in [4.69, 9.17) is 22.2 Å². The molecule has 11 rings (SSSR count). The van der Waals surface area contributed by atoms with Crippen LogP contribution >= 0.6 is 0 Å². The maximum absolute atomic E-state index is 9.77. The molecule has 0 aliphatic carbocycles. The van der Waals surface area contributed by atoms with E-state index in [1.807, 2.05) is 48.5 Å². The van der Waals surface area contributed by atoms with Crippen LogP contribution in [-0.2, 0) is 12.8 Å². The maximum Gasteiger partial charge on any atom is 0.143 e. The SMILES string of the molecule is [2H]c1c([2H])c([2H])c2c([2H])c(Cc3c4c([2H])c([2H])c([2H])c([2H])c4c(Cc4c([2H])c([2H])c5c([2H])c([2H])c([2H])c([2H])c5c4-c4ccc5oc6c(-c7ccccc7)cccc6c5c4)c4c([2H])c([2H])c([2H])c([2H])c34)c([2H])c([2H])c2c1[2H]. The molecule has 0 aliphatic heterocycles. The molecule has 1 aromatic heterocycles. The number of para-hydroxylation sites is 1. The van der Waals surface area contributed by atoms with Crippen molar-refractivity contribution in [2.75, 3.05) is 0 Å². The van der Waals surface area contributed by atoms with Crippen molar-refractivity contribution in [3.05, 3.63) is 216 Å². The minimum absolute atomic E-state index is 0.0203. The van der Waals surface area contributed by atoms with Crippen LogP contribution in [0, 0.1) is 0 Å². The summed E-state index contributed by atoms with van der Waals surface area (Å²) in [6.07, 6.45) is -1.36. The zero-order valence-electron chi connectivity index (χ0n) is 49.7. The van der Waals surface area contributed by atoms with Crippen molar-refractivity contribution in [3.8, 4) is 22.3 Å². The molecule has 0 fully saturated rings. The Bertz CT molecular complexity index is 4390. The molecule has 1 nitrogen and oxygen atoms in total. The Balaban J connectivity index is 1.28. The van der Waals surface area contributed by atoms with Crippen molar-refractivity contribution in [1.29, 1.82) is 0 Å². The fourth-order valence-corrected chi connectivity index (χ4v) is 7.59. The van der Waals surface area contributed by atoms with Crippen LogP contribution in [-0.4, -0.2) is 0 Å². The Kier molecular flexibility index (Phi) is 3.98. The lowest BCUT2D eigenvalue weighted by Gasteiger charge is -2.20. The van der Waals surface area contributed by atoms with Gasteiger partial charge in [0.25, 0.3) is 0 Å². The van der Waals surface area contributed by atoms with Gasteiger partial charge < -0.3 is 4.42 Å². The van der Waals surface area contributed by atoms with Gasteiger partial charge in [-0.25, -0.2) is 0 Å². The van der Waals surface area contributed by atoms with Gasteiger partial charge in [0, 0.05) is 16.3 Å². The molecule has 11 aromatic rings. The quantitative estimate of drug-likeness (QED) is 0.156. The van der Waals surface area contributed by atoms with E-state index < -0.39 is 151 Å². The summed E-state index contributed by atoms with van der Waals surface area (Å²) in [4.78, 5) is 0. The fourth-order valence-electron chi connectivity index (χ4n) is 7.59. The number of furan rings is 1. The molecule has 258 valence electrons. The lowest BCUT2D eigenvalue weighted by Crippen LogP contribution is -2.00. The zero-order chi connectivity index (χ0) is 54.6. The molecule has 1 heterocycles. The first-order valence-electron chi connectivity index (χ1n) is 28.0. The summed E-state index contributed by atoms with van der Waals surface area (Å²) in [5.74, 6) is 0. The average Bonchev–Trinajstić information content (AvgIpc) is 3.96. The van der Waals surface area contributed by atoms with Crippen molar-refractivity contribution in [2.24, 2.45) is 0 Å². The normalized spacial score (nSPS) is 17.1. The molecule has 0 saturated heterocycles. The Morgan fingerprint density at radius 1 is 0.436 bits per heavy atom. The second-order valence-electron chi connectivity index (χ2n) is 13.1. The first-order valence-corrected chi connectivity index (χ1v) is 17.5. The first kappa shape index (κ1) is 17.0. The average molecular weight is 722 g/mol. The third-order valence-corrected chi connectivity index (χ3v) is 10.0. The van der Waals surface area contributed by atoms with Gasteiger partial charge in [0.05, 0.1) is 28.8 Å². The van der Waals surface area contributed by atoms with Gasteiger partial charge >= 0.3 is 0 Å². The Labute approximate surface area is 349 Å². The number of hydrogen-bond acceptors (Lipinski definition) is 1. The van der Waals surface area contributed by atoms with Crippen LogP contribution in [0.3, 0.4) is 0 Å². The monoisotopic (exact) mass is 721 g/mol. The van der Waals surface area contributed by atoms with Crippen LogP contribution in [0.15, 0.2) is 198 Å². The third kappa shape index (κ3) is 5.31. The van der Waals surface area contributed by atoms with Crippen LogP contribution in [0.4, 0.5) is 0 Å². The van der Waals surface area contributed by atoms with Gasteiger partial charge in [-0.2, -0.15) is 0 Å². The second-order valence-corrected chi connectivity index (χ2v) is 13.1. The summed E-state index contributed by atoms with van der Waals surface area (Å²) in [5, 5.41) is -1.34. The molecule has 0 amide bonds. The zero-order valence-corrected chi connectivity index (χ0v) is 28.7. The lowest BCUT2D eigenvalue weighted by atomic mass is 9.84. The Morgan fingerprint density at radius 2 is 1.07 bits per heavy atom. The standard InChI is InChI=1S/C54H36O/c1-2-14-37(15-3-1)43-23-12-24-48-51-34-41(29-30-52(51)55-54(43)48)53-40(28-27-38-16-6-7-18-42(38)53)33-50-46-21-10-8-19-44(46)49(45-20-9-11-22-47(45)50)32-35-25-26-36-13-4-5-17-39(36)31-35/h1-31,34H,32-33H2/i4D,5D,6D,7D,8D,9D,10D,11D,13D,16D,17D,18D,19D,20D,21D,22D,25D,26D,27D,28D,31D. The summed E-state index contributed by atoms with van der Waals surface area (Å²) in [7, 11) is 0. The molecular weight excluding hydrogens is 665 g/mol. The Morgan fingerprint density at radius 3 is 1.82 bits per heavy atom. The predicted octanol–water partition coefficient (Wildman–Crippen LogP) is 14.7. The van der Waals surface area contributed by atoms with Gasteiger partial charge in [-0.3, -0.25) is 0 Å². The number of rotatable bonds is 6. The molecule has 10 aromatic carbocycles. The number of benzene rings is 10. The van der Waals surface area contributed by atoms with Gasteiger partial charge in [-0.05, 0) is 107 Å². The number of fused-ring (bicyclic) bond motifs is 7. The van der Waals surface area contributed by atoms with Gasteiger partial charge in [0.2, 0.25) is 0 Å². The van der Waals surface area contributed by atoms with Crippen LogP contribution in [0.2, 0.25) is 0 Å². The molecule has 0 aliphatic rings. The van der Waals surface area contributed by atoms with Gasteiger partial charge in [0.1, 0.15) is 11.2 Å². The highest BCUT2D eigenvalue weighted by atomic mass is 16.3. The molecule has 0 bridgehead atoms. The minimum Gasteiger partial charge on any atom is -0.455 e. The van der Waals surface area contributed by atoms with Crippen LogP contribution < -0.4 is 0 Å². The molecule has 0 N–H and O–H groups in total. The van der Waals surface area contributed by atoms with E-state index in [9.17, 15) is 11.0 Å². The summed E-state index contributed by atoms with van der Waals surface area (Å²) in [6.45, 7) is 0. The van der Waals surface area contributed by atoms with Gasteiger partial charge in [0.15, 0.2) is 0 Å². The largest absolute Gasteiger partial charge is 0.455 e. The smallest absolute Gasteiger partial charge is 0.143 e. The van der Waals surface area contributed by atoms with Crippen LogP contribution in [0.25, 0.3) is 87.3 Å². The second kappa shape index (κ2) is 12.9. The third-order valence-electron chi connectivity index (χ3n) is 10.0. The first-order chi connectivity index (χ1) is 36.0. The molecule has 0 unspecified atom stereocenters. The highest BCUT2D eigenvalue weighted by molar-refractivity contribution is 6.12. The summed E-state index contributed by atoms with van der Waals surface area (Å²) in [6, 6.07) is 5.80. The highest BCUT2D eigenvalue weighted by Gasteiger charge is 2.19. The summed E-state index contributed by atoms with van der Waals surface area (Å²) >= 11 is 0. The summed E-state index contributed by atoms with van der Waals surface area (Å²) < 4.78 is 197. The van der Waals surface area contributed by atoms with Crippen molar-refractivity contribution in [3.63, 3.8) is 0 Å². The van der Waals surface area contributed by atoms with E-state index in [-0.39, 0.29) is 65.7 Å². The van der Waals surface area contributed by atoms with E-state index in [0.717, 1.165) is 11.1 Å². The van der Waals surface area contributed by atoms with E-state index in [0.29, 0.717) is 21.9 Å². The minimum atomic E-state index is -0.774. The summed E-state index contributed by atoms with van der Waals surface area (Å²) in [5.41, 5.74) is 2.05. The molecule has 55 heavy (non-hydrogen) atoms. The Hall–Kier alpha value is -6.96. The molecule has 0 radical (unpaired) electrons. The molecule has 0 saturated carbocycles. The van der Waals surface area contributed by atoms with Crippen LogP contribution in [0.5, 0.6) is 0 Å². The van der Waals surface area contributed by atoms with Crippen LogP contribution in [0.1, 0.15) is 51.0 Å². The molecular formula is C54H36O. The predicted molar refractivity (Wildman–Crippen MR) is 233 cm³/mol. The lowest BCUT2D eigenvalue weighted by molar-refractivity contribution is 0.670. The van der Waals surface area contributed by atoms with E-state index >= 15 is 0 Å². The fraction of sp³-hybridized carbons (Fsp3) is 0.0370. The topological polar surface area (TPSA) is 13.1 Å². The van der Waals surface area contributed by atoms with Crippen molar-refractivity contribution in [2.45, 2.75) is 12.8 Å². The van der Waals surface area contributed by atoms with Crippen molar-refractivity contribution >= 4 is 65.0 Å². The molecule has 0 atom stereocenters. The number of hydrogen-bond donors (Lipinski definition) is 0. The van der Waals surface area contributed by atoms with E-state index in [1.54, 1.807) is 18.2 Å². The van der Waals surface area contributed by atoms with Gasteiger partial charge in [-0.15, -0.1) is 0 Å². The molecule has 1 heteroatoms. The van der Waals surface area contributed by atoms with Crippen molar-refractivity contribution in [1.82, 2.24) is 0 Å². The maximum atomic E-state index is 9.77. The highest BCUT2D eigenvalue weighted by Crippen LogP contribution is 2.42. The van der Waals surface area contributed by atoms with E-state index in [1.165, 1.54) is 0 Å². The van der Waals surface area contributed by atoms with Crippen molar-refractivity contribution < 1.29 is 33.2 Å².